The van der Waals surface area contributed by atoms with Gasteiger partial charge in [-0.25, -0.2) is 9.59 Å². The zero-order chi connectivity index (χ0) is 24.8. The number of amides is 1. The fourth-order valence-corrected chi connectivity index (χ4v) is 3.93. The average Bonchev–Trinajstić information content (AvgIpc) is 2.73. The number of halogens is 2. The number of alkyl carbamates (subject to hydrolysis) is 1. The number of benzene rings is 2. The molecule has 8 heteroatoms. The van der Waals surface area contributed by atoms with Crippen molar-refractivity contribution in [3.63, 3.8) is 0 Å². The molecule has 1 amide bonds. The second kappa shape index (κ2) is 11.5. The number of methoxy groups -OCH3 is 1. The number of carbonyl (C=O) groups excluding carboxylic acids is 3. The lowest BCUT2D eigenvalue weighted by Gasteiger charge is -2.25. The van der Waals surface area contributed by atoms with E-state index in [-0.39, 0.29) is 18.1 Å². The molecule has 0 aliphatic heterocycles. The minimum absolute atomic E-state index is 0.123. The van der Waals surface area contributed by atoms with Crippen molar-refractivity contribution in [3.05, 3.63) is 69.2 Å². The summed E-state index contributed by atoms with van der Waals surface area (Å²) in [6.45, 7) is 7.19. The van der Waals surface area contributed by atoms with E-state index in [0.717, 1.165) is 5.56 Å². The van der Waals surface area contributed by atoms with Crippen molar-refractivity contribution in [3.8, 4) is 0 Å². The molecule has 0 bridgehead atoms. The number of rotatable bonds is 8. The van der Waals surface area contributed by atoms with E-state index in [2.05, 4.69) is 5.32 Å². The smallest absolute Gasteiger partial charge is 0.408 e. The van der Waals surface area contributed by atoms with Gasteiger partial charge in [-0.15, -0.1) is 0 Å². The number of Topliss-reactive ketones (excluding diaryl/α,β-unsaturated/α-hetero) is 1. The molecule has 2 aromatic rings. The summed E-state index contributed by atoms with van der Waals surface area (Å²) >= 11 is 12.3. The van der Waals surface area contributed by atoms with Gasteiger partial charge in [0, 0.05) is 16.5 Å². The van der Waals surface area contributed by atoms with Crippen molar-refractivity contribution in [1.29, 1.82) is 0 Å². The molecule has 0 heterocycles. The van der Waals surface area contributed by atoms with Crippen LogP contribution in [0.15, 0.2) is 42.5 Å². The fourth-order valence-electron chi connectivity index (χ4n) is 3.38. The predicted molar refractivity (Wildman–Crippen MR) is 129 cm³/mol. The van der Waals surface area contributed by atoms with E-state index in [1.807, 2.05) is 6.92 Å². The fraction of sp³-hybridized carbons (Fsp3) is 0.400. The first-order valence-electron chi connectivity index (χ1n) is 10.6. The first kappa shape index (κ1) is 26.7. The quantitative estimate of drug-likeness (QED) is 0.424. The second-order valence-corrected chi connectivity index (χ2v) is 9.54. The number of esters is 1. The maximum absolute atomic E-state index is 13.4. The maximum Gasteiger partial charge on any atom is 0.408 e. The molecule has 0 aliphatic carbocycles. The molecule has 33 heavy (non-hydrogen) atoms. The Morgan fingerprint density at radius 3 is 2.03 bits per heavy atom. The van der Waals surface area contributed by atoms with Crippen LogP contribution in [0.1, 0.15) is 74.0 Å². The van der Waals surface area contributed by atoms with Crippen LogP contribution < -0.4 is 5.32 Å². The van der Waals surface area contributed by atoms with Crippen LogP contribution in [0.3, 0.4) is 0 Å². The molecule has 0 saturated heterocycles. The molecule has 1 unspecified atom stereocenters. The number of carbonyl (C=O) groups is 3. The van der Waals surface area contributed by atoms with Crippen LogP contribution in [0.5, 0.6) is 0 Å². The van der Waals surface area contributed by atoms with Crippen LogP contribution >= 0.6 is 23.2 Å². The van der Waals surface area contributed by atoms with E-state index in [1.54, 1.807) is 63.2 Å². The Balaban J connectivity index is 2.30. The number of nitrogens with one attached hydrogen (secondary N) is 1. The molecule has 178 valence electrons. The summed E-state index contributed by atoms with van der Waals surface area (Å²) in [6, 6.07) is 10.7. The topological polar surface area (TPSA) is 81.7 Å². The lowest BCUT2D eigenvalue weighted by atomic mass is 9.87. The van der Waals surface area contributed by atoms with Gasteiger partial charge in [0.1, 0.15) is 11.6 Å². The molecular formula is C25H29Cl2NO5. The lowest BCUT2D eigenvalue weighted by molar-refractivity contribution is -0.121. The number of ketones is 1. The van der Waals surface area contributed by atoms with E-state index in [4.69, 9.17) is 32.7 Å². The number of hydrogen-bond donors (Lipinski definition) is 1. The van der Waals surface area contributed by atoms with Gasteiger partial charge in [-0.3, -0.25) is 4.79 Å². The van der Waals surface area contributed by atoms with Gasteiger partial charge in [-0.2, -0.15) is 0 Å². The zero-order valence-corrected chi connectivity index (χ0v) is 20.9. The van der Waals surface area contributed by atoms with E-state index in [9.17, 15) is 14.4 Å². The lowest BCUT2D eigenvalue weighted by Crippen LogP contribution is -2.38. The summed E-state index contributed by atoms with van der Waals surface area (Å²) in [4.78, 5) is 37.6. The Morgan fingerprint density at radius 2 is 1.55 bits per heavy atom. The molecule has 2 rings (SSSR count). The standard InChI is InChI=1S/C25H29Cl2NO5/c1-6-15(16-7-9-17(10-8-16)23(30)32-5)13-21(29)22(28-24(31)33-25(2,3)4)18-11-19(26)14-20(27)12-18/h7-12,14-15,22H,6,13H2,1-5H3,(H,28,31)/t15-,22?/m0/s1. The molecular weight excluding hydrogens is 465 g/mol. The number of hydrogen-bond acceptors (Lipinski definition) is 5. The summed E-state index contributed by atoms with van der Waals surface area (Å²) in [5.74, 6) is -0.769. The van der Waals surface area contributed by atoms with Gasteiger partial charge in [-0.1, -0.05) is 42.3 Å². The highest BCUT2D eigenvalue weighted by Crippen LogP contribution is 2.30. The Kier molecular flexibility index (Phi) is 9.32. The first-order chi connectivity index (χ1) is 15.4. The van der Waals surface area contributed by atoms with Crippen molar-refractivity contribution in [2.45, 2.75) is 58.1 Å². The normalized spacial score (nSPS) is 13.1. The third-order valence-corrected chi connectivity index (χ3v) is 5.38. The van der Waals surface area contributed by atoms with Crippen LogP contribution in [0.4, 0.5) is 4.79 Å². The Labute approximate surface area is 204 Å². The third kappa shape index (κ3) is 8.06. The second-order valence-electron chi connectivity index (χ2n) is 8.67. The Bertz CT molecular complexity index is 979. The highest BCUT2D eigenvalue weighted by atomic mass is 35.5. The molecule has 0 spiro atoms. The third-order valence-electron chi connectivity index (χ3n) is 4.94. The van der Waals surface area contributed by atoms with Gasteiger partial charge in [-0.05, 0) is 74.6 Å². The van der Waals surface area contributed by atoms with Gasteiger partial charge in [0.25, 0.3) is 0 Å². The molecule has 0 saturated carbocycles. The van der Waals surface area contributed by atoms with Crippen LogP contribution in [-0.4, -0.2) is 30.6 Å². The van der Waals surface area contributed by atoms with Crippen molar-refractivity contribution in [2.24, 2.45) is 0 Å². The van der Waals surface area contributed by atoms with Crippen molar-refractivity contribution >= 4 is 41.0 Å². The Morgan fingerprint density at radius 1 is 0.970 bits per heavy atom. The highest BCUT2D eigenvalue weighted by Gasteiger charge is 2.28. The summed E-state index contributed by atoms with van der Waals surface area (Å²) in [5.41, 5.74) is 1.08. The van der Waals surface area contributed by atoms with Gasteiger partial charge in [0.05, 0.1) is 12.7 Å². The van der Waals surface area contributed by atoms with Gasteiger partial charge < -0.3 is 14.8 Å². The minimum Gasteiger partial charge on any atom is -0.465 e. The van der Waals surface area contributed by atoms with Crippen molar-refractivity contribution in [1.82, 2.24) is 5.32 Å². The van der Waals surface area contributed by atoms with E-state index in [1.165, 1.54) is 7.11 Å². The van der Waals surface area contributed by atoms with Crippen LogP contribution in [0, 0.1) is 0 Å². The molecule has 1 N–H and O–H groups in total. The monoisotopic (exact) mass is 493 g/mol. The predicted octanol–water partition coefficient (Wildman–Crippen LogP) is 6.50. The molecule has 0 aromatic heterocycles. The van der Waals surface area contributed by atoms with Crippen molar-refractivity contribution < 1.29 is 23.9 Å². The number of ether oxygens (including phenoxy) is 2. The van der Waals surface area contributed by atoms with Crippen LogP contribution in [0.25, 0.3) is 0 Å². The van der Waals surface area contributed by atoms with Gasteiger partial charge in [0.15, 0.2) is 5.78 Å². The molecule has 2 atom stereocenters. The SMILES string of the molecule is CC[C@@H](CC(=O)C(NC(=O)OC(C)(C)C)c1cc(Cl)cc(Cl)c1)c1ccc(C(=O)OC)cc1. The summed E-state index contributed by atoms with van der Waals surface area (Å²) in [5, 5.41) is 3.37. The van der Waals surface area contributed by atoms with Crippen LogP contribution in [0.2, 0.25) is 10.0 Å². The summed E-state index contributed by atoms with van der Waals surface area (Å²) in [7, 11) is 1.32. The highest BCUT2D eigenvalue weighted by molar-refractivity contribution is 6.34. The van der Waals surface area contributed by atoms with Crippen LogP contribution in [-0.2, 0) is 14.3 Å². The van der Waals surface area contributed by atoms with Gasteiger partial charge in [0.2, 0.25) is 0 Å². The molecule has 6 nitrogen and oxygen atoms in total. The molecule has 0 radical (unpaired) electrons. The molecule has 0 aliphatic rings. The Hall–Kier alpha value is -2.57. The van der Waals surface area contributed by atoms with E-state index >= 15 is 0 Å². The largest absolute Gasteiger partial charge is 0.465 e. The maximum atomic E-state index is 13.4. The van der Waals surface area contributed by atoms with Gasteiger partial charge >= 0.3 is 12.1 Å². The molecule has 2 aromatic carbocycles. The summed E-state index contributed by atoms with van der Waals surface area (Å²) in [6.07, 6.45) is 0.115. The first-order valence-corrected chi connectivity index (χ1v) is 11.4. The minimum atomic E-state index is -0.987. The molecule has 0 fully saturated rings. The van der Waals surface area contributed by atoms with E-state index < -0.39 is 23.7 Å². The summed E-state index contributed by atoms with van der Waals surface area (Å²) < 4.78 is 10.1. The zero-order valence-electron chi connectivity index (χ0n) is 19.4. The average molecular weight is 494 g/mol. The van der Waals surface area contributed by atoms with Crippen molar-refractivity contribution in [2.75, 3.05) is 7.11 Å². The van der Waals surface area contributed by atoms with E-state index in [0.29, 0.717) is 27.6 Å².